The van der Waals surface area contributed by atoms with E-state index < -0.39 is 97.5 Å². The Morgan fingerprint density at radius 1 is 0.262 bits per heavy atom. The number of rotatable bonds is 84. The van der Waals surface area contributed by atoms with Gasteiger partial charge >= 0.3 is 39.5 Å². The maximum atomic E-state index is 13.1. The topological polar surface area (TPSA) is 237 Å². The lowest BCUT2D eigenvalue weighted by atomic mass is 10.0. The minimum atomic E-state index is -4.96. The highest BCUT2D eigenvalue weighted by atomic mass is 31.2. The molecule has 0 bridgehead atoms. The monoisotopic (exact) mass is 1510 g/mol. The Bertz CT molecular complexity index is 1960. The fraction of sp³-hybridized carbons (Fsp3) is 0.952. The molecule has 3 N–H and O–H groups in total. The number of aliphatic hydroxyl groups excluding tert-OH is 1. The van der Waals surface area contributed by atoms with E-state index in [1.165, 1.54) is 276 Å². The van der Waals surface area contributed by atoms with Crippen molar-refractivity contribution in [3.63, 3.8) is 0 Å². The molecular weight excluding hydrogens is 1340 g/mol. The molecule has 0 aliphatic rings. The minimum Gasteiger partial charge on any atom is -0.462 e. The highest BCUT2D eigenvalue weighted by Crippen LogP contribution is 2.45. The molecule has 0 spiro atoms. The van der Waals surface area contributed by atoms with Crippen molar-refractivity contribution < 1.29 is 80.2 Å². The summed E-state index contributed by atoms with van der Waals surface area (Å²) in [7, 11) is -9.92. The van der Waals surface area contributed by atoms with Gasteiger partial charge in [0, 0.05) is 25.7 Å². The third-order valence-electron chi connectivity index (χ3n) is 19.8. The predicted molar refractivity (Wildman–Crippen MR) is 423 cm³/mol. The lowest BCUT2D eigenvalue weighted by Crippen LogP contribution is -2.30. The number of unbranched alkanes of at least 4 members (excludes halogenated alkanes) is 56. The number of ether oxygens (including phenoxy) is 4. The van der Waals surface area contributed by atoms with Crippen molar-refractivity contribution in [1.82, 2.24) is 0 Å². The number of hydrogen-bond acceptors (Lipinski definition) is 15. The summed E-state index contributed by atoms with van der Waals surface area (Å²) in [6.45, 7) is 7.32. The number of carbonyl (C=O) groups is 4. The Hall–Kier alpha value is -1.94. The van der Waals surface area contributed by atoms with E-state index in [2.05, 4.69) is 34.6 Å². The molecule has 0 aromatic heterocycles. The lowest BCUT2D eigenvalue weighted by Gasteiger charge is -2.21. The molecular formula is C84H164O17P2. The van der Waals surface area contributed by atoms with E-state index in [9.17, 15) is 43.2 Å². The molecule has 612 valence electrons. The van der Waals surface area contributed by atoms with Crippen molar-refractivity contribution in [2.75, 3.05) is 39.6 Å². The molecule has 0 aromatic carbocycles. The van der Waals surface area contributed by atoms with Gasteiger partial charge in [-0.15, -0.1) is 0 Å². The standard InChI is InChI=1S/C84H164O17P2/c1-6-9-12-15-18-21-24-27-30-32-33-34-35-37-39-42-45-48-55-60-65-70-84(89)100-79(73-94-81(86)67-62-57-52-46-43-41-38-36-31-28-25-22-19-16-13-10-7-2)75-98-102(90,91)96-71-78(85)72-97-103(92,93)99-76-80(74-95-82(87)68-63-58-53-50-49-51-56-61-66-77(4)5)101-83(88)69-64-59-54-47-44-40-29-26-23-20-17-14-11-8-3/h77-80,85H,6-76H2,1-5H3,(H,90,91)(H,92,93)/t78-,79-,80-/m1/s1. The summed E-state index contributed by atoms with van der Waals surface area (Å²) in [5.74, 6) is -1.38. The van der Waals surface area contributed by atoms with Crippen LogP contribution in [0, 0.1) is 5.92 Å². The van der Waals surface area contributed by atoms with Gasteiger partial charge in [0.15, 0.2) is 12.2 Å². The Balaban J connectivity index is 5.23. The first-order valence-electron chi connectivity index (χ1n) is 43.6. The SMILES string of the molecule is CCCCCCCCCCCCCCCCCCCCCCCC(=O)O[C@H](COC(=O)CCCCCCCCCCCCCCCCCCC)COP(=O)(O)OC[C@@H](O)COP(=O)(O)OC[C@@H](COC(=O)CCCCCCCCCCC(C)C)OC(=O)CCCCCCCCCCCCCCCC. The summed E-state index contributed by atoms with van der Waals surface area (Å²) < 4.78 is 68.8. The summed E-state index contributed by atoms with van der Waals surface area (Å²) in [6.07, 6.45) is 69.5. The molecule has 0 saturated carbocycles. The average molecular weight is 1510 g/mol. The Kier molecular flexibility index (Phi) is 75.4. The molecule has 19 heteroatoms. The number of phosphoric ester groups is 2. The third kappa shape index (κ3) is 78.0. The molecule has 17 nitrogen and oxygen atoms in total. The highest BCUT2D eigenvalue weighted by Gasteiger charge is 2.30. The fourth-order valence-corrected chi connectivity index (χ4v) is 14.7. The van der Waals surface area contributed by atoms with Gasteiger partial charge in [0.25, 0.3) is 0 Å². The minimum absolute atomic E-state index is 0.108. The Labute approximate surface area is 632 Å². The van der Waals surface area contributed by atoms with Gasteiger partial charge in [-0.05, 0) is 31.6 Å². The highest BCUT2D eigenvalue weighted by molar-refractivity contribution is 7.47. The number of esters is 4. The van der Waals surface area contributed by atoms with Gasteiger partial charge in [-0.2, -0.15) is 0 Å². The second-order valence-corrected chi connectivity index (χ2v) is 33.6. The van der Waals surface area contributed by atoms with E-state index in [0.29, 0.717) is 25.7 Å². The van der Waals surface area contributed by atoms with Crippen LogP contribution in [0.3, 0.4) is 0 Å². The van der Waals surface area contributed by atoms with Crippen molar-refractivity contribution in [3.05, 3.63) is 0 Å². The second-order valence-electron chi connectivity index (χ2n) is 30.7. The normalized spacial score (nSPS) is 13.8. The van der Waals surface area contributed by atoms with Crippen LogP contribution in [-0.4, -0.2) is 96.7 Å². The maximum Gasteiger partial charge on any atom is 0.472 e. The van der Waals surface area contributed by atoms with Crippen LogP contribution in [0.5, 0.6) is 0 Å². The number of aliphatic hydroxyl groups is 1. The Morgan fingerprint density at radius 2 is 0.447 bits per heavy atom. The molecule has 0 aliphatic carbocycles. The van der Waals surface area contributed by atoms with E-state index in [1.54, 1.807) is 0 Å². The molecule has 0 amide bonds. The number of phosphoric acid groups is 2. The summed E-state index contributed by atoms with van der Waals surface area (Å²) in [5, 5.41) is 10.7. The zero-order valence-corrected chi connectivity index (χ0v) is 69.3. The molecule has 5 atom stereocenters. The van der Waals surface area contributed by atoms with Gasteiger partial charge in [-0.3, -0.25) is 37.3 Å². The number of carbonyl (C=O) groups excluding carboxylic acids is 4. The van der Waals surface area contributed by atoms with E-state index >= 15 is 0 Å². The zero-order valence-electron chi connectivity index (χ0n) is 67.5. The predicted octanol–water partition coefficient (Wildman–Crippen LogP) is 25.6. The van der Waals surface area contributed by atoms with Crippen LogP contribution in [0.2, 0.25) is 0 Å². The smallest absolute Gasteiger partial charge is 0.462 e. The van der Waals surface area contributed by atoms with Gasteiger partial charge in [0.2, 0.25) is 0 Å². The van der Waals surface area contributed by atoms with E-state index in [4.69, 9.17) is 37.0 Å². The van der Waals surface area contributed by atoms with Crippen LogP contribution in [-0.2, 0) is 65.4 Å². The summed E-state index contributed by atoms with van der Waals surface area (Å²) >= 11 is 0. The zero-order chi connectivity index (χ0) is 75.5. The molecule has 0 rings (SSSR count). The van der Waals surface area contributed by atoms with Crippen LogP contribution >= 0.6 is 15.6 Å². The first-order valence-corrected chi connectivity index (χ1v) is 46.6. The largest absolute Gasteiger partial charge is 0.472 e. The van der Waals surface area contributed by atoms with Gasteiger partial charge < -0.3 is 33.8 Å². The third-order valence-corrected chi connectivity index (χ3v) is 21.7. The quantitative estimate of drug-likeness (QED) is 0.0222. The van der Waals surface area contributed by atoms with Crippen LogP contribution in [0.15, 0.2) is 0 Å². The lowest BCUT2D eigenvalue weighted by molar-refractivity contribution is -0.161. The van der Waals surface area contributed by atoms with Crippen molar-refractivity contribution in [2.45, 2.75) is 470 Å². The fourth-order valence-electron chi connectivity index (χ4n) is 13.1. The average Bonchev–Trinajstić information content (AvgIpc) is 0.928. The molecule has 0 fully saturated rings. The van der Waals surface area contributed by atoms with Crippen molar-refractivity contribution in [1.29, 1.82) is 0 Å². The summed E-state index contributed by atoms with van der Waals surface area (Å²) in [6, 6.07) is 0. The van der Waals surface area contributed by atoms with Crippen LogP contribution in [0.1, 0.15) is 452 Å². The molecule has 0 saturated heterocycles. The maximum absolute atomic E-state index is 13.1. The molecule has 0 radical (unpaired) electrons. The molecule has 0 aromatic rings. The molecule has 2 unspecified atom stereocenters. The van der Waals surface area contributed by atoms with Crippen LogP contribution in [0.25, 0.3) is 0 Å². The van der Waals surface area contributed by atoms with Crippen LogP contribution < -0.4 is 0 Å². The van der Waals surface area contributed by atoms with Gasteiger partial charge in [-0.25, -0.2) is 9.13 Å². The van der Waals surface area contributed by atoms with E-state index in [-0.39, 0.29) is 25.7 Å². The van der Waals surface area contributed by atoms with E-state index in [1.807, 2.05) is 0 Å². The first-order chi connectivity index (χ1) is 50.0. The molecule has 0 aliphatic heterocycles. The second kappa shape index (κ2) is 76.8. The van der Waals surface area contributed by atoms with Gasteiger partial charge in [0.05, 0.1) is 26.4 Å². The molecule has 0 heterocycles. The van der Waals surface area contributed by atoms with E-state index in [0.717, 1.165) is 95.8 Å². The van der Waals surface area contributed by atoms with Gasteiger partial charge in [0.1, 0.15) is 19.3 Å². The van der Waals surface area contributed by atoms with Crippen LogP contribution in [0.4, 0.5) is 0 Å². The Morgan fingerprint density at radius 3 is 0.660 bits per heavy atom. The van der Waals surface area contributed by atoms with Gasteiger partial charge in [-0.1, -0.05) is 401 Å². The first kappa shape index (κ1) is 101. The summed E-state index contributed by atoms with van der Waals surface area (Å²) in [5.41, 5.74) is 0. The van der Waals surface area contributed by atoms with Crippen molar-refractivity contribution >= 4 is 39.5 Å². The molecule has 103 heavy (non-hydrogen) atoms. The number of hydrogen-bond donors (Lipinski definition) is 3. The van der Waals surface area contributed by atoms with Crippen molar-refractivity contribution in [2.24, 2.45) is 5.92 Å². The summed E-state index contributed by atoms with van der Waals surface area (Å²) in [4.78, 5) is 73.1. The van der Waals surface area contributed by atoms with Crippen molar-refractivity contribution in [3.8, 4) is 0 Å².